The minimum Gasteiger partial charge on any atom is -0.355 e. The van der Waals surface area contributed by atoms with Crippen LogP contribution in [0.2, 0.25) is 0 Å². The van der Waals surface area contributed by atoms with Crippen molar-refractivity contribution in [2.75, 3.05) is 13.1 Å². The van der Waals surface area contributed by atoms with Gasteiger partial charge in [-0.25, -0.2) is 0 Å². The van der Waals surface area contributed by atoms with Gasteiger partial charge in [0.25, 0.3) is 0 Å². The second-order valence-corrected chi connectivity index (χ2v) is 1.58. The highest BCUT2D eigenvalue weighted by Gasteiger charge is 2.10. The van der Waals surface area contributed by atoms with E-state index in [2.05, 4.69) is 5.32 Å². The van der Waals surface area contributed by atoms with Crippen LogP contribution < -0.4 is 5.32 Å². The molecule has 1 atom stereocenters. The summed E-state index contributed by atoms with van der Waals surface area (Å²) in [5.41, 5.74) is 0. The molecule has 0 aromatic rings. The van der Waals surface area contributed by atoms with Crippen molar-refractivity contribution in [3.8, 4) is 6.07 Å². The van der Waals surface area contributed by atoms with E-state index in [-0.39, 0.29) is 6.10 Å². The van der Waals surface area contributed by atoms with Crippen molar-refractivity contribution in [1.82, 2.24) is 5.32 Å². The van der Waals surface area contributed by atoms with Gasteiger partial charge in [-0.2, -0.15) is 5.26 Å². The molecule has 0 amide bonds. The Kier molecular flexibility index (Phi) is 1.84. The Morgan fingerprint density at radius 3 is 3.12 bits per heavy atom. The van der Waals surface area contributed by atoms with Crippen LogP contribution in [0.5, 0.6) is 0 Å². The van der Waals surface area contributed by atoms with E-state index in [9.17, 15) is 0 Å². The van der Waals surface area contributed by atoms with Gasteiger partial charge in [0.2, 0.25) is 0 Å². The third kappa shape index (κ3) is 1.19. The van der Waals surface area contributed by atoms with Crippen LogP contribution in [-0.2, 0) is 4.74 Å². The number of nitrogens with zero attached hydrogens (tertiary/aromatic N) is 1. The molecule has 0 saturated carbocycles. The normalized spacial score (nSPS) is 29.1. The van der Waals surface area contributed by atoms with E-state index in [0.717, 1.165) is 6.54 Å². The van der Waals surface area contributed by atoms with Gasteiger partial charge in [-0.05, 0) is 0 Å². The van der Waals surface area contributed by atoms with Gasteiger partial charge in [0.15, 0.2) is 6.10 Å². The topological polar surface area (TPSA) is 45.0 Å². The minimum atomic E-state index is -0.274. The predicted octanol–water partition coefficient (Wildman–Crippen LogP) is -0.340. The fourth-order valence-corrected chi connectivity index (χ4v) is 0.562. The Bertz CT molecular complexity index is 101. The number of rotatable bonds is 0. The van der Waals surface area contributed by atoms with Crippen molar-refractivity contribution in [2.45, 2.75) is 6.10 Å². The molecule has 3 nitrogen and oxygen atoms in total. The van der Waals surface area contributed by atoms with E-state index in [1.54, 1.807) is 6.61 Å². The molecule has 0 bridgehead atoms. The van der Waals surface area contributed by atoms with E-state index in [4.69, 9.17) is 10.00 Å². The first-order valence-electron chi connectivity index (χ1n) is 2.51. The Hall–Kier alpha value is -0.590. The molecule has 1 N–H and O–H groups in total. The van der Waals surface area contributed by atoms with Gasteiger partial charge >= 0.3 is 0 Å². The zero-order valence-electron chi connectivity index (χ0n) is 4.42. The van der Waals surface area contributed by atoms with E-state index in [1.807, 2.05) is 6.07 Å². The third-order valence-electron chi connectivity index (χ3n) is 0.962. The van der Waals surface area contributed by atoms with Crippen molar-refractivity contribution in [1.29, 1.82) is 5.26 Å². The monoisotopic (exact) mass is 111 g/mol. The number of ether oxygens (including phenoxy) is 1. The van der Waals surface area contributed by atoms with Crippen molar-refractivity contribution < 1.29 is 4.74 Å². The van der Waals surface area contributed by atoms with Crippen LogP contribution in [-0.4, -0.2) is 19.2 Å². The molecule has 1 radical (unpaired) electrons. The Morgan fingerprint density at radius 1 is 1.88 bits per heavy atom. The average molecular weight is 111 g/mol. The smallest absolute Gasteiger partial charge is 0.156 e. The largest absolute Gasteiger partial charge is 0.355 e. The van der Waals surface area contributed by atoms with E-state index in [0.29, 0.717) is 6.54 Å². The molecule has 1 unspecified atom stereocenters. The van der Waals surface area contributed by atoms with Crippen molar-refractivity contribution in [2.24, 2.45) is 0 Å². The Labute approximate surface area is 48.2 Å². The van der Waals surface area contributed by atoms with Gasteiger partial charge in [0.05, 0.1) is 12.7 Å². The summed E-state index contributed by atoms with van der Waals surface area (Å²) in [4.78, 5) is 0. The lowest BCUT2D eigenvalue weighted by atomic mass is 10.3. The van der Waals surface area contributed by atoms with Crippen LogP contribution in [0.4, 0.5) is 0 Å². The summed E-state index contributed by atoms with van der Waals surface area (Å²) in [6.07, 6.45) is -0.274. The predicted molar refractivity (Wildman–Crippen MR) is 27.7 cm³/mol. The summed E-state index contributed by atoms with van der Waals surface area (Å²) in [6, 6.07) is 1.99. The molecule has 1 aliphatic heterocycles. The van der Waals surface area contributed by atoms with Gasteiger partial charge in [-0.3, -0.25) is 0 Å². The molecule has 43 valence electrons. The molecule has 0 aliphatic carbocycles. The molecule has 8 heavy (non-hydrogen) atoms. The fourth-order valence-electron chi connectivity index (χ4n) is 0.562. The standard InChI is InChI=1S/C5H7N2O/c6-3-5-4-7-1-2-8-5/h2,5,7H,1,4H2. The average Bonchev–Trinajstić information content (AvgIpc) is 1.90. The van der Waals surface area contributed by atoms with Gasteiger partial charge in [-0.15, -0.1) is 0 Å². The molecule has 0 aromatic carbocycles. The second kappa shape index (κ2) is 2.65. The van der Waals surface area contributed by atoms with Crippen LogP contribution in [0.3, 0.4) is 0 Å². The lowest BCUT2D eigenvalue weighted by molar-refractivity contribution is 0.117. The first-order chi connectivity index (χ1) is 3.93. The highest BCUT2D eigenvalue weighted by Crippen LogP contribution is 1.95. The summed E-state index contributed by atoms with van der Waals surface area (Å²) in [7, 11) is 0. The van der Waals surface area contributed by atoms with E-state index < -0.39 is 0 Å². The molecule has 0 aromatic heterocycles. The maximum Gasteiger partial charge on any atom is 0.156 e. The molecule has 3 heteroatoms. The van der Waals surface area contributed by atoms with Crippen LogP contribution in [0, 0.1) is 17.9 Å². The quantitative estimate of drug-likeness (QED) is 0.465. The van der Waals surface area contributed by atoms with Gasteiger partial charge < -0.3 is 10.1 Å². The molecule has 1 fully saturated rings. The summed E-state index contributed by atoms with van der Waals surface area (Å²) in [6.45, 7) is 3.00. The summed E-state index contributed by atoms with van der Waals surface area (Å²) in [5, 5.41) is 11.2. The van der Waals surface area contributed by atoms with Crippen molar-refractivity contribution in [3.63, 3.8) is 0 Å². The van der Waals surface area contributed by atoms with E-state index in [1.165, 1.54) is 0 Å². The summed E-state index contributed by atoms with van der Waals surface area (Å²) < 4.78 is 4.88. The summed E-state index contributed by atoms with van der Waals surface area (Å²) >= 11 is 0. The maximum absolute atomic E-state index is 8.26. The van der Waals surface area contributed by atoms with Crippen LogP contribution in [0.1, 0.15) is 0 Å². The second-order valence-electron chi connectivity index (χ2n) is 1.58. The molecule has 1 aliphatic rings. The zero-order valence-corrected chi connectivity index (χ0v) is 4.42. The minimum absolute atomic E-state index is 0.274. The van der Waals surface area contributed by atoms with Crippen LogP contribution in [0.25, 0.3) is 0 Å². The Balaban J connectivity index is 2.25. The number of nitrogens with one attached hydrogen (secondary N) is 1. The van der Waals surface area contributed by atoms with Crippen LogP contribution >= 0.6 is 0 Å². The SMILES string of the molecule is N#CC1CNC[CH]O1. The summed E-state index contributed by atoms with van der Waals surface area (Å²) in [5.74, 6) is 0. The number of hydrogen-bond donors (Lipinski definition) is 1. The van der Waals surface area contributed by atoms with Crippen LogP contribution in [0.15, 0.2) is 0 Å². The number of hydrogen-bond acceptors (Lipinski definition) is 3. The van der Waals surface area contributed by atoms with Crippen molar-refractivity contribution in [3.05, 3.63) is 6.61 Å². The molecule has 1 heterocycles. The lowest BCUT2D eigenvalue weighted by Gasteiger charge is -2.16. The third-order valence-corrected chi connectivity index (χ3v) is 0.962. The molecule has 1 saturated heterocycles. The lowest BCUT2D eigenvalue weighted by Crippen LogP contribution is -2.34. The highest BCUT2D eigenvalue weighted by molar-refractivity contribution is 4.89. The first-order valence-corrected chi connectivity index (χ1v) is 2.51. The molecular formula is C5H7N2O. The van der Waals surface area contributed by atoms with Gasteiger partial charge in [0.1, 0.15) is 0 Å². The van der Waals surface area contributed by atoms with Gasteiger partial charge in [-0.1, -0.05) is 0 Å². The Morgan fingerprint density at radius 2 is 2.75 bits per heavy atom. The van der Waals surface area contributed by atoms with E-state index >= 15 is 0 Å². The molecular weight excluding hydrogens is 104 g/mol. The number of morpholine rings is 1. The van der Waals surface area contributed by atoms with Crippen molar-refractivity contribution >= 4 is 0 Å². The van der Waals surface area contributed by atoms with Gasteiger partial charge in [0, 0.05) is 13.1 Å². The zero-order chi connectivity index (χ0) is 5.82. The maximum atomic E-state index is 8.26. The highest BCUT2D eigenvalue weighted by atomic mass is 16.5. The molecule has 1 rings (SSSR count). The molecule has 0 spiro atoms. The first kappa shape index (κ1) is 5.54. The number of nitriles is 1. The fraction of sp³-hybridized carbons (Fsp3) is 0.600.